The molecule has 0 bridgehead atoms. The summed E-state index contributed by atoms with van der Waals surface area (Å²) in [5, 5.41) is 0. The smallest absolute Gasteiger partial charge is 0.201 e. The average molecular weight is 372 g/mol. The van der Waals surface area contributed by atoms with E-state index >= 15 is 0 Å². The highest BCUT2D eigenvalue weighted by molar-refractivity contribution is 5.63. The van der Waals surface area contributed by atoms with Crippen molar-refractivity contribution in [2.45, 2.75) is 46.0 Å². The van der Waals surface area contributed by atoms with Gasteiger partial charge in [0, 0.05) is 6.42 Å². The SMILES string of the molecule is CCCCCC1=CCC(/C(F)=C(\F)c2ccc(OCC)c(F)c2F)CO1. The first kappa shape index (κ1) is 20.3. The van der Waals surface area contributed by atoms with Gasteiger partial charge in [-0.1, -0.05) is 19.8 Å². The van der Waals surface area contributed by atoms with E-state index in [2.05, 4.69) is 6.92 Å². The molecule has 1 atom stereocenters. The number of unbranched alkanes of at least 4 members (excludes halogenated alkanes) is 2. The van der Waals surface area contributed by atoms with Crippen LogP contribution in [0, 0.1) is 17.6 Å². The third-order valence-corrected chi connectivity index (χ3v) is 4.28. The molecular formula is C20H24F4O2. The number of benzene rings is 1. The van der Waals surface area contributed by atoms with Crippen molar-refractivity contribution >= 4 is 5.83 Å². The van der Waals surface area contributed by atoms with E-state index in [9.17, 15) is 17.6 Å². The van der Waals surface area contributed by atoms with Crippen molar-refractivity contribution in [3.05, 3.63) is 47.0 Å². The Balaban J connectivity index is 2.14. The molecule has 1 aliphatic rings. The number of rotatable bonds is 8. The van der Waals surface area contributed by atoms with Crippen LogP contribution < -0.4 is 4.74 Å². The lowest BCUT2D eigenvalue weighted by Gasteiger charge is -2.22. The quantitative estimate of drug-likeness (QED) is 0.384. The highest BCUT2D eigenvalue weighted by Gasteiger charge is 2.26. The lowest BCUT2D eigenvalue weighted by molar-refractivity contribution is 0.141. The van der Waals surface area contributed by atoms with Crippen molar-refractivity contribution in [1.82, 2.24) is 0 Å². The molecule has 1 aliphatic heterocycles. The number of ether oxygens (including phenoxy) is 2. The third kappa shape index (κ3) is 4.80. The van der Waals surface area contributed by atoms with Gasteiger partial charge in [0.25, 0.3) is 0 Å². The summed E-state index contributed by atoms with van der Waals surface area (Å²) in [5.74, 6) is -5.72. The van der Waals surface area contributed by atoms with Gasteiger partial charge < -0.3 is 9.47 Å². The molecule has 0 aromatic heterocycles. The van der Waals surface area contributed by atoms with Crippen LogP contribution in [0.2, 0.25) is 0 Å². The average Bonchev–Trinajstić information content (AvgIpc) is 2.65. The minimum Gasteiger partial charge on any atom is -0.498 e. The molecule has 0 spiro atoms. The van der Waals surface area contributed by atoms with Crippen LogP contribution in [-0.4, -0.2) is 13.2 Å². The second-order valence-electron chi connectivity index (χ2n) is 6.21. The van der Waals surface area contributed by atoms with E-state index in [0.29, 0.717) is 0 Å². The summed E-state index contributed by atoms with van der Waals surface area (Å²) >= 11 is 0. The van der Waals surface area contributed by atoms with Crippen LogP contribution in [0.1, 0.15) is 51.5 Å². The van der Waals surface area contributed by atoms with Gasteiger partial charge in [-0.3, -0.25) is 0 Å². The highest BCUT2D eigenvalue weighted by atomic mass is 19.2. The van der Waals surface area contributed by atoms with Crippen LogP contribution in [0.3, 0.4) is 0 Å². The second-order valence-corrected chi connectivity index (χ2v) is 6.21. The monoisotopic (exact) mass is 372 g/mol. The van der Waals surface area contributed by atoms with Crippen LogP contribution >= 0.6 is 0 Å². The van der Waals surface area contributed by atoms with Crippen LogP contribution in [0.4, 0.5) is 17.6 Å². The molecule has 0 radical (unpaired) electrons. The molecule has 0 fully saturated rings. The van der Waals surface area contributed by atoms with Crippen molar-refractivity contribution in [1.29, 1.82) is 0 Å². The van der Waals surface area contributed by atoms with Gasteiger partial charge in [-0.2, -0.15) is 4.39 Å². The molecule has 0 saturated carbocycles. The van der Waals surface area contributed by atoms with Gasteiger partial charge in [-0.05, 0) is 38.0 Å². The summed E-state index contributed by atoms with van der Waals surface area (Å²) in [7, 11) is 0. The van der Waals surface area contributed by atoms with E-state index in [1.807, 2.05) is 0 Å². The highest BCUT2D eigenvalue weighted by Crippen LogP contribution is 2.35. The summed E-state index contributed by atoms with van der Waals surface area (Å²) < 4.78 is 67.2. The van der Waals surface area contributed by atoms with Gasteiger partial charge in [0.1, 0.15) is 5.83 Å². The normalized spacial score (nSPS) is 18.1. The van der Waals surface area contributed by atoms with Crippen molar-refractivity contribution in [3.8, 4) is 5.75 Å². The van der Waals surface area contributed by atoms with E-state index in [1.54, 1.807) is 13.0 Å². The van der Waals surface area contributed by atoms with E-state index in [0.717, 1.165) is 43.6 Å². The van der Waals surface area contributed by atoms with Gasteiger partial charge in [0.2, 0.25) is 5.82 Å². The Morgan fingerprint density at radius 1 is 1.15 bits per heavy atom. The zero-order valence-corrected chi connectivity index (χ0v) is 15.1. The molecule has 6 heteroatoms. The Morgan fingerprint density at radius 2 is 1.92 bits per heavy atom. The van der Waals surface area contributed by atoms with Crippen molar-refractivity contribution in [3.63, 3.8) is 0 Å². The van der Waals surface area contributed by atoms with E-state index < -0.39 is 34.8 Å². The summed E-state index contributed by atoms with van der Waals surface area (Å²) in [6, 6.07) is 2.07. The molecule has 0 aliphatic carbocycles. The zero-order chi connectivity index (χ0) is 19.1. The first-order valence-electron chi connectivity index (χ1n) is 8.97. The molecule has 0 saturated heterocycles. The standard InChI is InChI=1S/C20H24F4O2/c1-3-5-6-7-14-9-8-13(12-26-14)17(21)18(22)15-10-11-16(25-4-2)20(24)19(15)23/h9-11,13H,3-8,12H2,1-2H3/b18-17+. The largest absolute Gasteiger partial charge is 0.498 e. The number of halogens is 4. The molecule has 2 nitrogen and oxygen atoms in total. The molecule has 1 heterocycles. The van der Waals surface area contributed by atoms with Crippen LogP contribution in [0.25, 0.3) is 5.83 Å². The molecule has 0 amide bonds. The first-order valence-corrected chi connectivity index (χ1v) is 8.97. The Hall–Kier alpha value is -1.98. The van der Waals surface area contributed by atoms with Crippen molar-refractivity contribution in [2.24, 2.45) is 5.92 Å². The summed E-state index contributed by atoms with van der Waals surface area (Å²) in [5.41, 5.74) is -0.749. The van der Waals surface area contributed by atoms with E-state index in [4.69, 9.17) is 9.47 Å². The molecular weight excluding hydrogens is 348 g/mol. The lowest BCUT2D eigenvalue weighted by atomic mass is 9.98. The number of allylic oxidation sites excluding steroid dienone is 2. The van der Waals surface area contributed by atoms with Gasteiger partial charge in [-0.15, -0.1) is 0 Å². The molecule has 1 aromatic carbocycles. The minimum atomic E-state index is -1.46. The fourth-order valence-corrected chi connectivity index (χ4v) is 2.78. The topological polar surface area (TPSA) is 18.5 Å². The Bertz CT molecular complexity index is 683. The number of hydrogen-bond acceptors (Lipinski definition) is 2. The van der Waals surface area contributed by atoms with E-state index in [-0.39, 0.29) is 25.4 Å². The minimum absolute atomic E-state index is 0.0155. The van der Waals surface area contributed by atoms with Crippen LogP contribution in [0.15, 0.2) is 29.8 Å². The summed E-state index contributed by atoms with van der Waals surface area (Å²) in [6.07, 6.45) is 5.93. The maximum Gasteiger partial charge on any atom is 0.201 e. The van der Waals surface area contributed by atoms with Crippen molar-refractivity contribution in [2.75, 3.05) is 13.2 Å². The van der Waals surface area contributed by atoms with Gasteiger partial charge >= 0.3 is 0 Å². The predicted octanol–water partition coefficient (Wildman–Crippen LogP) is 6.47. The van der Waals surface area contributed by atoms with Gasteiger partial charge in [0.05, 0.1) is 30.5 Å². The lowest BCUT2D eigenvalue weighted by Crippen LogP contribution is -2.15. The molecule has 1 aromatic rings. The predicted molar refractivity (Wildman–Crippen MR) is 92.9 cm³/mol. The van der Waals surface area contributed by atoms with E-state index in [1.165, 1.54) is 0 Å². The fraction of sp³-hybridized carbons (Fsp3) is 0.500. The summed E-state index contributed by atoms with van der Waals surface area (Å²) in [6.45, 7) is 3.82. The van der Waals surface area contributed by atoms with Gasteiger partial charge in [-0.25, -0.2) is 13.2 Å². The van der Waals surface area contributed by atoms with Crippen molar-refractivity contribution < 1.29 is 27.0 Å². The van der Waals surface area contributed by atoms with Crippen LogP contribution in [-0.2, 0) is 4.74 Å². The zero-order valence-electron chi connectivity index (χ0n) is 15.1. The maximum atomic E-state index is 14.4. The number of hydrogen-bond donors (Lipinski definition) is 0. The second kappa shape index (κ2) is 9.64. The van der Waals surface area contributed by atoms with Crippen LogP contribution in [0.5, 0.6) is 5.75 Å². The molecule has 2 rings (SSSR count). The molecule has 144 valence electrons. The summed E-state index contributed by atoms with van der Waals surface area (Å²) in [4.78, 5) is 0. The molecule has 0 N–H and O–H groups in total. The maximum absolute atomic E-state index is 14.4. The molecule has 26 heavy (non-hydrogen) atoms. The Kier molecular flexibility index (Phi) is 7.54. The Labute approximate surface area is 151 Å². The molecule has 1 unspecified atom stereocenters. The first-order chi connectivity index (χ1) is 12.5. The third-order valence-electron chi connectivity index (χ3n) is 4.28. The fourth-order valence-electron chi connectivity index (χ4n) is 2.78. The Morgan fingerprint density at radius 3 is 2.54 bits per heavy atom. The van der Waals surface area contributed by atoms with Gasteiger partial charge in [0.15, 0.2) is 17.4 Å².